The molecular formula is C28H30O8. The first-order valence-corrected chi connectivity index (χ1v) is 11.6. The zero-order chi connectivity index (χ0) is 26.4. The molecule has 0 saturated heterocycles. The molecule has 0 aromatic heterocycles. The average molecular weight is 495 g/mol. The van der Waals surface area contributed by atoms with Crippen LogP contribution < -0.4 is 14.2 Å². The molecule has 0 unspecified atom stereocenters. The Kier molecular flexibility index (Phi) is 6.56. The zero-order valence-electron chi connectivity index (χ0n) is 21.6. The minimum Gasteiger partial charge on any atom is -0.496 e. The van der Waals surface area contributed by atoms with Gasteiger partial charge in [-0.25, -0.2) is 0 Å². The summed E-state index contributed by atoms with van der Waals surface area (Å²) in [6, 6.07) is 5.39. The smallest absolute Gasteiger partial charge is 0.316 e. The molecule has 2 aliphatic rings. The van der Waals surface area contributed by atoms with Gasteiger partial charge < -0.3 is 23.7 Å². The summed E-state index contributed by atoms with van der Waals surface area (Å²) in [5.41, 5.74) is 0.542. The van der Waals surface area contributed by atoms with E-state index in [4.69, 9.17) is 23.7 Å². The Balaban J connectivity index is 2.14. The molecule has 36 heavy (non-hydrogen) atoms. The number of methoxy groups -OCH3 is 4. The number of benzene rings is 2. The van der Waals surface area contributed by atoms with Crippen molar-refractivity contribution in [1.82, 2.24) is 0 Å². The van der Waals surface area contributed by atoms with E-state index < -0.39 is 23.3 Å². The molecule has 2 aromatic carbocycles. The summed E-state index contributed by atoms with van der Waals surface area (Å²) in [5, 5.41) is 1.19. The lowest BCUT2D eigenvalue weighted by Crippen LogP contribution is -2.29. The molecule has 0 saturated carbocycles. The molecule has 8 heteroatoms. The number of esters is 2. The second-order valence-corrected chi connectivity index (χ2v) is 9.75. The van der Waals surface area contributed by atoms with E-state index in [2.05, 4.69) is 0 Å². The summed E-state index contributed by atoms with van der Waals surface area (Å²) < 4.78 is 28.2. The van der Waals surface area contributed by atoms with Gasteiger partial charge in [0.1, 0.15) is 23.0 Å². The van der Waals surface area contributed by atoms with Crippen LogP contribution in [-0.2, 0) is 19.1 Å². The second-order valence-electron chi connectivity index (χ2n) is 9.75. The molecule has 190 valence electrons. The predicted octanol–water partition coefficient (Wildman–Crippen LogP) is 4.87. The van der Waals surface area contributed by atoms with E-state index in [0.29, 0.717) is 51.2 Å². The van der Waals surface area contributed by atoms with Crippen LogP contribution in [0.1, 0.15) is 49.5 Å². The highest BCUT2D eigenvalue weighted by Gasteiger charge is 2.42. The molecular weight excluding hydrogens is 464 g/mol. The highest BCUT2D eigenvalue weighted by atomic mass is 16.5. The van der Waals surface area contributed by atoms with E-state index in [1.165, 1.54) is 28.4 Å². The van der Waals surface area contributed by atoms with Crippen LogP contribution >= 0.6 is 0 Å². The van der Waals surface area contributed by atoms with E-state index in [-0.39, 0.29) is 23.5 Å². The van der Waals surface area contributed by atoms with Crippen LogP contribution in [0.3, 0.4) is 0 Å². The van der Waals surface area contributed by atoms with E-state index >= 15 is 0 Å². The normalized spacial score (nSPS) is 17.1. The molecule has 1 atom stereocenters. The first-order valence-electron chi connectivity index (χ1n) is 11.6. The number of carbonyl (C=O) groups excluding carboxylic acids is 3. The van der Waals surface area contributed by atoms with Crippen molar-refractivity contribution in [1.29, 1.82) is 0 Å². The lowest BCUT2D eigenvalue weighted by molar-refractivity contribution is -0.145. The monoisotopic (exact) mass is 494 g/mol. The van der Waals surface area contributed by atoms with Gasteiger partial charge in [-0.3, -0.25) is 14.4 Å². The van der Waals surface area contributed by atoms with Crippen molar-refractivity contribution in [2.24, 2.45) is 11.3 Å². The van der Waals surface area contributed by atoms with E-state index in [1.807, 2.05) is 6.07 Å². The number of allylic oxidation sites excluding steroid dienone is 3. The maximum absolute atomic E-state index is 14.0. The molecule has 0 N–H and O–H groups in total. The lowest BCUT2D eigenvalue weighted by Gasteiger charge is -2.32. The van der Waals surface area contributed by atoms with Crippen LogP contribution in [0.25, 0.3) is 16.5 Å². The molecule has 0 amide bonds. The number of carbonyl (C=O) groups is 3. The summed E-state index contributed by atoms with van der Waals surface area (Å²) in [6.07, 6.45) is 2.20. The van der Waals surface area contributed by atoms with Gasteiger partial charge in [-0.05, 0) is 39.7 Å². The molecule has 0 bridgehead atoms. The molecule has 0 fully saturated rings. The van der Waals surface area contributed by atoms with Gasteiger partial charge >= 0.3 is 11.9 Å². The Morgan fingerprint density at radius 3 is 2.22 bits per heavy atom. The van der Waals surface area contributed by atoms with Crippen molar-refractivity contribution >= 4 is 34.3 Å². The van der Waals surface area contributed by atoms with Gasteiger partial charge in [0.2, 0.25) is 0 Å². The number of Topliss-reactive ketones (excluding diaryl/α,β-unsaturated/α-hetero) is 1. The molecule has 0 spiro atoms. The van der Waals surface area contributed by atoms with Gasteiger partial charge in [0.15, 0.2) is 5.78 Å². The van der Waals surface area contributed by atoms with E-state index in [9.17, 15) is 14.4 Å². The van der Waals surface area contributed by atoms with Crippen LogP contribution in [0.15, 0.2) is 35.4 Å². The SMILES string of the molecule is COC(=O)[C@@H]1CC=C2C(=O)c3c(c(OC)c4cccc(OC)c4c3OC)C(OC(=O)C(C)(C)C)=C2C1. The Morgan fingerprint density at radius 2 is 1.64 bits per heavy atom. The fourth-order valence-corrected chi connectivity index (χ4v) is 4.72. The third-order valence-electron chi connectivity index (χ3n) is 6.53. The second kappa shape index (κ2) is 9.33. The fraction of sp³-hybridized carbons (Fsp3) is 0.393. The number of hydrogen-bond donors (Lipinski definition) is 0. The molecule has 8 nitrogen and oxygen atoms in total. The van der Waals surface area contributed by atoms with Gasteiger partial charge in [-0.1, -0.05) is 18.2 Å². The standard InChI is InChI=1S/C28H30O8/c1-28(2,3)27(31)36-24-17-13-14(26(30)35-7)11-12-15(17)22(29)20-21(24)23(33-5)16-9-8-10-18(32-4)19(16)25(20)34-6/h8-10,12,14H,11,13H2,1-7H3/t14-/m1/s1. The van der Waals surface area contributed by atoms with Crippen LogP contribution in [0.2, 0.25) is 0 Å². The largest absolute Gasteiger partial charge is 0.496 e. The number of hydrogen-bond acceptors (Lipinski definition) is 8. The van der Waals surface area contributed by atoms with Gasteiger partial charge in [0.05, 0.1) is 56.3 Å². The first kappa shape index (κ1) is 25.3. The highest BCUT2D eigenvalue weighted by molar-refractivity contribution is 6.24. The lowest BCUT2D eigenvalue weighted by atomic mass is 9.75. The minimum atomic E-state index is -0.827. The quantitative estimate of drug-likeness (QED) is 0.543. The number of ketones is 1. The minimum absolute atomic E-state index is 0.179. The van der Waals surface area contributed by atoms with Crippen LogP contribution in [0.4, 0.5) is 0 Å². The van der Waals surface area contributed by atoms with Gasteiger partial charge in [0.25, 0.3) is 0 Å². The summed E-state index contributed by atoms with van der Waals surface area (Å²) in [4.78, 5) is 39.5. The maximum Gasteiger partial charge on any atom is 0.316 e. The molecule has 2 aliphatic carbocycles. The third-order valence-corrected chi connectivity index (χ3v) is 6.53. The topological polar surface area (TPSA) is 97.4 Å². The predicted molar refractivity (Wildman–Crippen MR) is 133 cm³/mol. The summed E-state index contributed by atoms with van der Waals surface area (Å²) in [6.45, 7) is 5.23. The Labute approximate surface area is 209 Å². The van der Waals surface area contributed by atoms with E-state index in [1.54, 1.807) is 39.0 Å². The van der Waals surface area contributed by atoms with E-state index in [0.717, 1.165) is 0 Å². The van der Waals surface area contributed by atoms with Crippen molar-refractivity contribution in [2.45, 2.75) is 33.6 Å². The molecule has 4 rings (SSSR count). The van der Waals surface area contributed by atoms with Crippen molar-refractivity contribution in [3.05, 3.63) is 46.5 Å². The number of rotatable bonds is 5. The Hall–Kier alpha value is -3.81. The van der Waals surface area contributed by atoms with Crippen LogP contribution in [-0.4, -0.2) is 46.2 Å². The molecule has 0 aliphatic heterocycles. The average Bonchev–Trinajstić information content (AvgIpc) is 2.87. The fourth-order valence-electron chi connectivity index (χ4n) is 4.72. The molecule has 2 aromatic rings. The van der Waals surface area contributed by atoms with Crippen molar-refractivity contribution in [3.8, 4) is 17.2 Å². The van der Waals surface area contributed by atoms with Crippen molar-refractivity contribution in [3.63, 3.8) is 0 Å². The van der Waals surface area contributed by atoms with Crippen molar-refractivity contribution in [2.75, 3.05) is 28.4 Å². The summed E-state index contributed by atoms with van der Waals surface area (Å²) in [7, 11) is 5.82. The Morgan fingerprint density at radius 1 is 0.944 bits per heavy atom. The third kappa shape index (κ3) is 3.90. The van der Waals surface area contributed by atoms with Crippen LogP contribution in [0, 0.1) is 11.3 Å². The first-order chi connectivity index (χ1) is 17.1. The van der Waals surface area contributed by atoms with Gasteiger partial charge in [-0.15, -0.1) is 0 Å². The van der Waals surface area contributed by atoms with Crippen molar-refractivity contribution < 1.29 is 38.1 Å². The number of ether oxygens (including phenoxy) is 5. The Bertz CT molecular complexity index is 1340. The number of fused-ring (bicyclic) bond motifs is 3. The summed E-state index contributed by atoms with van der Waals surface area (Å²) >= 11 is 0. The highest BCUT2D eigenvalue weighted by Crippen LogP contribution is 2.53. The maximum atomic E-state index is 14.0. The zero-order valence-corrected chi connectivity index (χ0v) is 21.6. The molecule has 0 heterocycles. The van der Waals surface area contributed by atoms with Crippen LogP contribution in [0.5, 0.6) is 17.2 Å². The van der Waals surface area contributed by atoms with Gasteiger partial charge in [0, 0.05) is 16.5 Å². The summed E-state index contributed by atoms with van der Waals surface area (Å²) in [5.74, 6) is -0.378. The van der Waals surface area contributed by atoms with Gasteiger partial charge in [-0.2, -0.15) is 0 Å². The molecule has 0 radical (unpaired) electrons.